The zero-order valence-electron chi connectivity index (χ0n) is 10.4. The van der Waals surface area contributed by atoms with Crippen LogP contribution in [0.25, 0.3) is 0 Å². The molecule has 0 bridgehead atoms. The average molecular weight is 248 g/mol. The summed E-state index contributed by atoms with van der Waals surface area (Å²) in [5.41, 5.74) is 1.23. The van der Waals surface area contributed by atoms with Gasteiger partial charge in [-0.25, -0.2) is 9.59 Å². The highest BCUT2D eigenvalue weighted by atomic mass is 16.5. The molecule has 1 aromatic carbocycles. The molecular weight excluding hydrogens is 232 g/mol. The van der Waals surface area contributed by atoms with E-state index < -0.39 is 12.0 Å². The number of ether oxygens (including phenoxy) is 1. The minimum Gasteiger partial charge on any atom is -0.462 e. The molecule has 96 valence electrons. The molecule has 0 aromatic heterocycles. The minimum atomic E-state index is -0.469. The Hall–Kier alpha value is -2.30. The van der Waals surface area contributed by atoms with E-state index in [9.17, 15) is 9.59 Å². The second kappa shape index (κ2) is 6.44. The molecule has 0 spiro atoms. The maximum atomic E-state index is 11.7. The van der Waals surface area contributed by atoms with Crippen molar-refractivity contribution in [1.29, 1.82) is 0 Å². The van der Waals surface area contributed by atoms with Crippen molar-refractivity contribution in [3.8, 4) is 0 Å². The van der Waals surface area contributed by atoms with Gasteiger partial charge in [0.2, 0.25) is 0 Å². The molecule has 5 heteroatoms. The van der Waals surface area contributed by atoms with Crippen LogP contribution in [0, 0.1) is 0 Å². The van der Waals surface area contributed by atoms with Gasteiger partial charge in [0.05, 0.1) is 17.9 Å². The highest BCUT2D eigenvalue weighted by Gasteiger charge is 2.13. The fourth-order valence-corrected chi connectivity index (χ4v) is 1.33. The summed E-state index contributed by atoms with van der Waals surface area (Å²) in [6.07, 6.45) is 0. The molecule has 1 aromatic rings. The third kappa shape index (κ3) is 3.93. The summed E-state index contributed by atoms with van der Waals surface area (Å²) in [5, 5.41) is 5.06. The van der Waals surface area contributed by atoms with Crippen LogP contribution in [0.5, 0.6) is 0 Å². The first kappa shape index (κ1) is 13.8. The van der Waals surface area contributed by atoms with Crippen molar-refractivity contribution in [1.82, 2.24) is 5.32 Å². The van der Waals surface area contributed by atoms with Crippen LogP contribution in [0.1, 0.15) is 24.2 Å². The normalized spacial score (nSPS) is 9.44. The minimum absolute atomic E-state index is 0.283. The fraction of sp³-hybridized carbons (Fsp3) is 0.231. The van der Waals surface area contributed by atoms with Gasteiger partial charge in [-0.1, -0.05) is 18.7 Å². The highest BCUT2D eigenvalue weighted by Crippen LogP contribution is 2.16. The lowest BCUT2D eigenvalue weighted by molar-refractivity contribution is 0.0527. The van der Waals surface area contributed by atoms with Crippen LogP contribution in [0.4, 0.5) is 10.5 Å². The quantitative estimate of drug-likeness (QED) is 0.804. The molecule has 0 heterocycles. The SMILES string of the molecule is C=C(C)NC(=O)Nc1ccccc1C(=O)OCC. The van der Waals surface area contributed by atoms with Crippen molar-refractivity contribution >= 4 is 17.7 Å². The van der Waals surface area contributed by atoms with E-state index in [1.165, 1.54) is 0 Å². The Bertz CT molecular complexity index is 469. The number of nitrogens with one attached hydrogen (secondary N) is 2. The third-order valence-electron chi connectivity index (χ3n) is 2.00. The van der Waals surface area contributed by atoms with E-state index in [4.69, 9.17) is 4.74 Å². The van der Waals surface area contributed by atoms with Crippen molar-refractivity contribution in [2.45, 2.75) is 13.8 Å². The molecule has 18 heavy (non-hydrogen) atoms. The summed E-state index contributed by atoms with van der Waals surface area (Å²) >= 11 is 0. The van der Waals surface area contributed by atoms with Gasteiger partial charge in [-0.2, -0.15) is 0 Å². The molecule has 0 aliphatic rings. The van der Waals surface area contributed by atoms with Crippen LogP contribution in [-0.4, -0.2) is 18.6 Å². The number of rotatable bonds is 4. The summed E-state index contributed by atoms with van der Waals surface area (Å²) < 4.78 is 4.90. The molecule has 1 rings (SSSR count). The van der Waals surface area contributed by atoms with Gasteiger partial charge in [-0.05, 0) is 26.0 Å². The summed E-state index contributed by atoms with van der Waals surface area (Å²) in [4.78, 5) is 23.2. The summed E-state index contributed by atoms with van der Waals surface area (Å²) in [5.74, 6) is -0.469. The number of hydrogen-bond acceptors (Lipinski definition) is 3. The molecular formula is C13H16N2O3. The van der Waals surface area contributed by atoms with Gasteiger partial charge in [0.25, 0.3) is 0 Å². The Labute approximate surface area is 106 Å². The lowest BCUT2D eigenvalue weighted by Crippen LogP contribution is -2.27. The standard InChI is InChI=1S/C13H16N2O3/c1-4-18-12(16)10-7-5-6-8-11(10)15-13(17)14-9(2)3/h5-8H,2,4H2,1,3H3,(H2,14,15,17). The molecule has 0 aliphatic carbocycles. The molecule has 0 saturated heterocycles. The maximum Gasteiger partial charge on any atom is 0.340 e. The Morgan fingerprint density at radius 2 is 2.00 bits per heavy atom. The molecule has 0 aliphatic heterocycles. The Morgan fingerprint density at radius 3 is 2.61 bits per heavy atom. The van der Waals surface area contributed by atoms with Crippen molar-refractivity contribution in [2.24, 2.45) is 0 Å². The zero-order chi connectivity index (χ0) is 13.5. The largest absolute Gasteiger partial charge is 0.462 e. The van der Waals surface area contributed by atoms with E-state index in [1.54, 1.807) is 38.1 Å². The number of benzene rings is 1. The lowest BCUT2D eigenvalue weighted by Gasteiger charge is -2.10. The predicted molar refractivity (Wildman–Crippen MR) is 69.4 cm³/mol. The predicted octanol–water partition coefficient (Wildman–Crippen LogP) is 2.52. The number of urea groups is 1. The number of carbonyl (C=O) groups is 2. The summed E-state index contributed by atoms with van der Waals surface area (Å²) in [6.45, 7) is 7.23. The summed E-state index contributed by atoms with van der Waals surface area (Å²) in [7, 11) is 0. The van der Waals surface area contributed by atoms with Crippen molar-refractivity contribution in [2.75, 3.05) is 11.9 Å². The van der Waals surface area contributed by atoms with Gasteiger partial charge in [0, 0.05) is 5.70 Å². The van der Waals surface area contributed by atoms with E-state index in [-0.39, 0.29) is 6.61 Å². The van der Waals surface area contributed by atoms with Gasteiger partial charge < -0.3 is 15.4 Å². The average Bonchev–Trinajstić information content (AvgIpc) is 2.28. The molecule has 5 nitrogen and oxygen atoms in total. The second-order valence-electron chi connectivity index (χ2n) is 3.63. The van der Waals surface area contributed by atoms with E-state index in [0.717, 1.165) is 0 Å². The number of para-hydroxylation sites is 1. The smallest absolute Gasteiger partial charge is 0.340 e. The number of allylic oxidation sites excluding steroid dienone is 1. The molecule has 2 N–H and O–H groups in total. The van der Waals surface area contributed by atoms with Crippen molar-refractivity contribution in [3.05, 3.63) is 42.1 Å². The van der Waals surface area contributed by atoms with E-state index in [2.05, 4.69) is 17.2 Å². The Morgan fingerprint density at radius 1 is 1.33 bits per heavy atom. The molecule has 0 radical (unpaired) electrons. The van der Waals surface area contributed by atoms with Crippen LogP contribution >= 0.6 is 0 Å². The Kier molecular flexibility index (Phi) is 4.92. The number of hydrogen-bond donors (Lipinski definition) is 2. The van der Waals surface area contributed by atoms with E-state index >= 15 is 0 Å². The lowest BCUT2D eigenvalue weighted by atomic mass is 10.2. The van der Waals surface area contributed by atoms with E-state index in [0.29, 0.717) is 16.9 Å². The molecule has 0 fully saturated rings. The Balaban J connectivity index is 2.85. The van der Waals surface area contributed by atoms with Gasteiger partial charge in [0.1, 0.15) is 0 Å². The van der Waals surface area contributed by atoms with Crippen molar-refractivity contribution < 1.29 is 14.3 Å². The number of carbonyl (C=O) groups excluding carboxylic acids is 2. The molecule has 2 amide bonds. The number of amides is 2. The van der Waals surface area contributed by atoms with Crippen molar-refractivity contribution in [3.63, 3.8) is 0 Å². The fourth-order valence-electron chi connectivity index (χ4n) is 1.33. The second-order valence-corrected chi connectivity index (χ2v) is 3.63. The van der Waals surface area contributed by atoms with Crippen LogP contribution in [0.2, 0.25) is 0 Å². The topological polar surface area (TPSA) is 67.4 Å². The van der Waals surface area contributed by atoms with Gasteiger partial charge in [-0.15, -0.1) is 0 Å². The molecule has 0 atom stereocenters. The van der Waals surface area contributed by atoms with Crippen LogP contribution < -0.4 is 10.6 Å². The van der Waals surface area contributed by atoms with Gasteiger partial charge in [-0.3, -0.25) is 0 Å². The van der Waals surface area contributed by atoms with Crippen LogP contribution in [0.3, 0.4) is 0 Å². The first-order valence-corrected chi connectivity index (χ1v) is 5.54. The third-order valence-corrected chi connectivity index (χ3v) is 2.00. The van der Waals surface area contributed by atoms with Crippen LogP contribution in [0.15, 0.2) is 36.5 Å². The van der Waals surface area contributed by atoms with Gasteiger partial charge in [0.15, 0.2) is 0 Å². The molecule has 0 unspecified atom stereocenters. The monoisotopic (exact) mass is 248 g/mol. The first-order chi connectivity index (χ1) is 8.54. The van der Waals surface area contributed by atoms with E-state index in [1.807, 2.05) is 0 Å². The zero-order valence-corrected chi connectivity index (χ0v) is 10.4. The van der Waals surface area contributed by atoms with Crippen LogP contribution in [-0.2, 0) is 4.74 Å². The maximum absolute atomic E-state index is 11.7. The molecule has 0 saturated carbocycles. The first-order valence-electron chi connectivity index (χ1n) is 5.54. The summed E-state index contributed by atoms with van der Waals surface area (Å²) in [6, 6.07) is 6.20. The number of esters is 1. The number of anilines is 1. The highest BCUT2D eigenvalue weighted by molar-refractivity contribution is 6.01. The van der Waals surface area contributed by atoms with Gasteiger partial charge >= 0.3 is 12.0 Å².